The van der Waals surface area contributed by atoms with Crippen molar-refractivity contribution < 1.29 is 80.6 Å². The summed E-state index contributed by atoms with van der Waals surface area (Å²) < 4.78 is 183. The number of hydrogen-bond acceptors (Lipinski definition) is 16. The van der Waals surface area contributed by atoms with Crippen LogP contribution in [0.2, 0.25) is 0 Å². The Kier molecular flexibility index (Phi) is 11.5. The van der Waals surface area contributed by atoms with Crippen LogP contribution in [0, 0.1) is 0 Å². The van der Waals surface area contributed by atoms with Gasteiger partial charge < -0.3 is 0 Å². The van der Waals surface area contributed by atoms with Crippen LogP contribution < -0.4 is 0 Å². The van der Waals surface area contributed by atoms with Gasteiger partial charge in [-0.2, -0.15) is 62.4 Å². The molecule has 0 rings (SSSR count). The maximum atomic E-state index is 12.6. The van der Waals surface area contributed by atoms with Gasteiger partial charge in [-0.1, -0.05) is 0 Å². The quantitative estimate of drug-likeness (QED) is 0.100. The Morgan fingerprint density at radius 3 is 1.03 bits per heavy atom. The van der Waals surface area contributed by atoms with E-state index in [9.17, 15) is 55.1 Å². The second-order valence-corrected chi connectivity index (χ2v) is 17.5. The zero-order chi connectivity index (χ0) is 26.2. The van der Waals surface area contributed by atoms with Crippen LogP contribution in [0.5, 0.6) is 0 Å². The zero-order valence-electron chi connectivity index (χ0n) is 15.4. The van der Waals surface area contributed by atoms with Crippen molar-refractivity contribution in [2.45, 2.75) is 4.75 Å². The normalized spacial score (nSPS) is 15.1. The molecule has 0 saturated carbocycles. The van der Waals surface area contributed by atoms with Crippen molar-refractivity contribution in [3.63, 3.8) is 0 Å². The molecule has 0 unspecified atom stereocenters. The Labute approximate surface area is 201 Å². The van der Waals surface area contributed by atoms with Gasteiger partial charge in [0.25, 0.3) is 60.7 Å². The molecular weight excluding hydrogens is 606 g/mol. The van der Waals surface area contributed by atoms with E-state index in [1.807, 2.05) is 0 Å². The van der Waals surface area contributed by atoms with Crippen LogP contribution in [0.4, 0.5) is 0 Å². The molecule has 0 aromatic carbocycles. The predicted octanol–water partition coefficient (Wildman–Crippen LogP) is -3.85. The monoisotopic (exact) mass is 622 g/mol. The fourth-order valence-corrected chi connectivity index (χ4v) is 13.2. The zero-order valence-corrected chi connectivity index (χ0v) is 21.2. The molecule has 0 heterocycles. The second kappa shape index (κ2) is 10.7. The van der Waals surface area contributed by atoms with Crippen LogP contribution in [0.3, 0.4) is 0 Å². The van der Waals surface area contributed by atoms with Gasteiger partial charge in [-0.25, -0.2) is 4.57 Å². The Morgan fingerprint density at radius 2 is 0.848 bits per heavy atom. The van der Waals surface area contributed by atoms with Gasteiger partial charge in [0.1, 0.15) is 4.75 Å². The number of hydrogen-bond donors (Lipinski definition) is 3. The van der Waals surface area contributed by atoms with Crippen molar-refractivity contribution in [3.8, 4) is 0 Å². The van der Waals surface area contributed by atoms with Crippen LogP contribution in [0.25, 0.3) is 0 Å². The van der Waals surface area contributed by atoms with Crippen molar-refractivity contribution in [2.24, 2.45) is 0 Å². The van der Waals surface area contributed by atoms with Crippen LogP contribution in [0.1, 0.15) is 0 Å². The Hall–Kier alpha value is 0.287. The molecule has 0 fully saturated rings. The van der Waals surface area contributed by atoms with Gasteiger partial charge in [-0.3, -0.25) is 13.7 Å². The molecule has 0 aromatic heterocycles. The third kappa shape index (κ3) is 14.4. The third-order valence-electron chi connectivity index (χ3n) is 2.51. The van der Waals surface area contributed by atoms with Crippen molar-refractivity contribution in [1.29, 1.82) is 0 Å². The molecule has 0 aliphatic heterocycles. The van der Waals surface area contributed by atoms with Gasteiger partial charge in [0.15, 0.2) is 0 Å². The fraction of sp³-hybridized carbons (Fsp3) is 1.00. The van der Waals surface area contributed by atoms with Crippen LogP contribution in [-0.4, -0.2) is 118 Å². The molecule has 0 aromatic rings. The molecule has 0 spiro atoms. The molecule has 19 nitrogen and oxygen atoms in total. The summed E-state index contributed by atoms with van der Waals surface area (Å²) in [5.74, 6) is -7.50. The topological polar surface area (TPSA) is 310 Å². The van der Waals surface area contributed by atoms with Crippen molar-refractivity contribution in [2.75, 3.05) is 29.8 Å². The van der Waals surface area contributed by atoms with E-state index in [-0.39, 0.29) is 31.4 Å². The standard InChI is InChI=1S/C6H15O19PS6.Li.H/c1-27(8,9)23-26(7,24-28(2,10)11)25-32(21,22)6(3-29(12,13)14,4-30(15,16)17)5-31(18,19)20;;/h3-5H2,1-2H3,(H,12,13,14)(H,15,16,17)(H,18,19,20);;. The van der Waals surface area contributed by atoms with E-state index in [1.54, 1.807) is 0 Å². The van der Waals surface area contributed by atoms with Gasteiger partial charge >= 0.3 is 26.7 Å². The van der Waals surface area contributed by atoms with E-state index >= 15 is 0 Å². The molecule has 0 saturated heterocycles. The predicted molar refractivity (Wildman–Crippen MR) is 109 cm³/mol. The van der Waals surface area contributed by atoms with Gasteiger partial charge in [-0.15, -0.1) is 0 Å². The Bertz CT molecular complexity index is 1290. The summed E-state index contributed by atoms with van der Waals surface area (Å²) in [4.78, 5) is 0. The minimum absolute atomic E-state index is 0. The van der Waals surface area contributed by atoms with Gasteiger partial charge in [0.2, 0.25) is 0 Å². The molecule has 3 N–H and O–H groups in total. The van der Waals surface area contributed by atoms with E-state index < -0.39 is 90.5 Å². The van der Waals surface area contributed by atoms with Crippen molar-refractivity contribution >= 4 is 87.4 Å². The molecule has 0 atom stereocenters. The molecule has 0 aliphatic rings. The maximum absolute atomic E-state index is 12.6. The average molecular weight is 622 g/mol. The van der Waals surface area contributed by atoms with Gasteiger partial charge in [0.05, 0.1) is 29.8 Å². The van der Waals surface area contributed by atoms with E-state index in [0.29, 0.717) is 0 Å². The third-order valence-corrected chi connectivity index (χ3v) is 12.4. The van der Waals surface area contributed by atoms with E-state index in [2.05, 4.69) is 11.9 Å². The Balaban J connectivity index is 0. The van der Waals surface area contributed by atoms with E-state index in [1.165, 1.54) is 0 Å². The first-order valence-corrected chi connectivity index (χ1v) is 18.1. The molecule has 0 radical (unpaired) electrons. The fourth-order valence-electron chi connectivity index (χ4n) is 1.91. The van der Waals surface area contributed by atoms with E-state index in [4.69, 9.17) is 13.7 Å². The second-order valence-electron chi connectivity index (χ2n) is 5.89. The average Bonchev–Trinajstić information content (AvgIpc) is 2.23. The van der Waals surface area contributed by atoms with Gasteiger partial charge in [0, 0.05) is 0 Å². The summed E-state index contributed by atoms with van der Waals surface area (Å²) in [6, 6.07) is 0. The molecule has 33 heavy (non-hydrogen) atoms. The number of rotatable bonds is 13. The van der Waals surface area contributed by atoms with Crippen LogP contribution in [-0.2, 0) is 77.2 Å². The van der Waals surface area contributed by atoms with Crippen molar-refractivity contribution in [3.05, 3.63) is 0 Å². The van der Waals surface area contributed by atoms with E-state index in [0.717, 1.165) is 0 Å². The molecule has 27 heteroatoms. The van der Waals surface area contributed by atoms with Gasteiger partial charge in [-0.05, 0) is 0 Å². The summed E-state index contributed by atoms with van der Waals surface area (Å²) >= 11 is 0. The first-order valence-electron chi connectivity index (χ1n) is 6.73. The van der Waals surface area contributed by atoms with Crippen LogP contribution >= 0.6 is 7.82 Å². The molecule has 0 amide bonds. The van der Waals surface area contributed by atoms with Crippen LogP contribution in [0.15, 0.2) is 0 Å². The first-order chi connectivity index (χ1) is 13.5. The number of phosphoric acid groups is 1. The summed E-state index contributed by atoms with van der Waals surface area (Å²) in [5.41, 5.74) is 0. The molecule has 0 bridgehead atoms. The molecule has 196 valence electrons. The molecule has 0 aliphatic carbocycles. The summed E-state index contributed by atoms with van der Waals surface area (Å²) in [7, 11) is -40.5. The summed E-state index contributed by atoms with van der Waals surface area (Å²) in [5, 5.41) is 0. The minimum atomic E-state index is -6.55. The SMILES string of the molecule is CS(=O)(=O)OP(=O)(OS(C)(=O)=O)OS(=O)(=O)C(CS(=O)(=O)O)(CS(=O)(=O)O)CS(=O)(=O)O.[LiH]. The molecular formula is C6H16LiO19PS6. The summed E-state index contributed by atoms with van der Waals surface area (Å²) in [6.45, 7) is 0. The Morgan fingerprint density at radius 1 is 0.606 bits per heavy atom. The van der Waals surface area contributed by atoms with Crippen molar-refractivity contribution in [1.82, 2.24) is 0 Å². The first kappa shape index (κ1) is 35.4. The summed E-state index contributed by atoms with van der Waals surface area (Å²) in [6.07, 6.45) is 0.117.